The highest BCUT2D eigenvalue weighted by atomic mass is 16.2. The number of carbonyl (C=O) groups is 1. The Labute approximate surface area is 87.0 Å². The van der Waals surface area contributed by atoms with E-state index in [0.717, 1.165) is 24.8 Å². The molecule has 3 heteroatoms. The van der Waals surface area contributed by atoms with E-state index in [9.17, 15) is 4.79 Å². The molecule has 1 amide bonds. The summed E-state index contributed by atoms with van der Waals surface area (Å²) in [5.41, 5.74) is 6.73. The van der Waals surface area contributed by atoms with Crippen LogP contribution in [0.15, 0.2) is 12.2 Å². The highest BCUT2D eigenvalue weighted by Gasteiger charge is 2.16. The van der Waals surface area contributed by atoms with Gasteiger partial charge in [0.15, 0.2) is 0 Å². The second-order valence-electron chi connectivity index (χ2n) is 3.90. The average Bonchev–Trinajstić information content (AvgIpc) is 2.11. The van der Waals surface area contributed by atoms with Crippen LogP contribution in [0.3, 0.4) is 0 Å². The third-order valence-corrected chi connectivity index (χ3v) is 2.07. The van der Waals surface area contributed by atoms with Crippen molar-refractivity contribution in [1.82, 2.24) is 4.90 Å². The topological polar surface area (TPSA) is 46.3 Å². The molecule has 0 saturated carbocycles. The zero-order valence-corrected chi connectivity index (χ0v) is 9.55. The Morgan fingerprint density at radius 3 is 2.57 bits per heavy atom. The van der Waals surface area contributed by atoms with E-state index < -0.39 is 0 Å². The summed E-state index contributed by atoms with van der Waals surface area (Å²) in [7, 11) is 1.77. The van der Waals surface area contributed by atoms with E-state index in [2.05, 4.69) is 13.5 Å². The van der Waals surface area contributed by atoms with Crippen LogP contribution in [0, 0.1) is 0 Å². The van der Waals surface area contributed by atoms with Crippen molar-refractivity contribution in [3.05, 3.63) is 12.2 Å². The van der Waals surface area contributed by atoms with Crippen molar-refractivity contribution in [2.75, 3.05) is 13.6 Å². The predicted octanol–water partition coefficient (Wildman–Crippen LogP) is 1.54. The maximum atomic E-state index is 11.6. The number of unbranched alkanes of at least 4 members (excludes halogenated alkanes) is 1. The van der Waals surface area contributed by atoms with E-state index in [4.69, 9.17) is 5.73 Å². The normalized spacial score (nSPS) is 12.3. The molecule has 0 unspecified atom stereocenters. The van der Waals surface area contributed by atoms with E-state index >= 15 is 0 Å². The molecule has 0 aliphatic rings. The summed E-state index contributed by atoms with van der Waals surface area (Å²) >= 11 is 0. The summed E-state index contributed by atoms with van der Waals surface area (Å²) < 4.78 is 0. The summed E-state index contributed by atoms with van der Waals surface area (Å²) in [5.74, 6) is 0.0152. The number of hydrogen-bond donors (Lipinski definition) is 1. The molecular formula is C11H22N2O. The third-order valence-electron chi connectivity index (χ3n) is 2.07. The van der Waals surface area contributed by atoms with Gasteiger partial charge in [0.1, 0.15) is 0 Å². The zero-order chi connectivity index (χ0) is 11.1. The number of likely N-dealkylation sites (N-methyl/N-ethyl adjacent to an activating group) is 1. The second-order valence-corrected chi connectivity index (χ2v) is 3.90. The van der Waals surface area contributed by atoms with Crippen LogP contribution in [0.25, 0.3) is 0 Å². The molecule has 0 aliphatic heterocycles. The van der Waals surface area contributed by atoms with Crippen LogP contribution in [0.2, 0.25) is 0 Å². The number of nitrogens with two attached hydrogens (primary N) is 1. The van der Waals surface area contributed by atoms with Crippen LogP contribution in [-0.2, 0) is 4.79 Å². The SMILES string of the molecule is C=C(C)CN(C)C(=O)[C@@H](N)CCCC. The van der Waals surface area contributed by atoms with Crippen molar-refractivity contribution in [2.45, 2.75) is 39.2 Å². The number of carbonyl (C=O) groups excluding carboxylic acids is 1. The minimum Gasteiger partial charge on any atom is -0.340 e. The van der Waals surface area contributed by atoms with Crippen LogP contribution in [0.4, 0.5) is 0 Å². The first-order chi connectivity index (χ1) is 6.49. The second kappa shape index (κ2) is 6.60. The molecule has 3 nitrogen and oxygen atoms in total. The molecule has 0 aromatic rings. The Balaban J connectivity index is 3.97. The number of rotatable bonds is 6. The van der Waals surface area contributed by atoms with Crippen LogP contribution in [-0.4, -0.2) is 30.4 Å². The van der Waals surface area contributed by atoms with E-state index in [1.165, 1.54) is 0 Å². The van der Waals surface area contributed by atoms with E-state index in [0.29, 0.717) is 6.54 Å². The van der Waals surface area contributed by atoms with Gasteiger partial charge in [-0.25, -0.2) is 0 Å². The van der Waals surface area contributed by atoms with Gasteiger partial charge in [-0.1, -0.05) is 31.9 Å². The number of amides is 1. The molecule has 0 radical (unpaired) electrons. The molecule has 0 heterocycles. The van der Waals surface area contributed by atoms with Crippen molar-refractivity contribution in [3.8, 4) is 0 Å². The fourth-order valence-corrected chi connectivity index (χ4v) is 1.31. The first-order valence-electron chi connectivity index (χ1n) is 5.14. The lowest BCUT2D eigenvalue weighted by Crippen LogP contribution is -2.42. The van der Waals surface area contributed by atoms with Gasteiger partial charge in [-0.05, 0) is 13.3 Å². The average molecular weight is 198 g/mol. The lowest BCUT2D eigenvalue weighted by molar-refractivity contribution is -0.131. The Hall–Kier alpha value is -0.830. The maximum absolute atomic E-state index is 11.6. The van der Waals surface area contributed by atoms with Crippen molar-refractivity contribution in [3.63, 3.8) is 0 Å². The zero-order valence-electron chi connectivity index (χ0n) is 9.55. The molecule has 14 heavy (non-hydrogen) atoms. The Kier molecular flexibility index (Phi) is 6.21. The third kappa shape index (κ3) is 5.02. The van der Waals surface area contributed by atoms with Gasteiger partial charge in [0.05, 0.1) is 6.04 Å². The van der Waals surface area contributed by atoms with Crippen LogP contribution < -0.4 is 5.73 Å². The number of hydrogen-bond acceptors (Lipinski definition) is 2. The van der Waals surface area contributed by atoms with Crippen LogP contribution in [0.5, 0.6) is 0 Å². The summed E-state index contributed by atoms with van der Waals surface area (Å²) in [4.78, 5) is 13.3. The van der Waals surface area contributed by atoms with Crippen molar-refractivity contribution in [2.24, 2.45) is 5.73 Å². The fraction of sp³-hybridized carbons (Fsp3) is 0.727. The quantitative estimate of drug-likeness (QED) is 0.658. The summed E-state index contributed by atoms with van der Waals surface area (Å²) in [5, 5.41) is 0. The first kappa shape index (κ1) is 13.2. The summed E-state index contributed by atoms with van der Waals surface area (Å²) in [6.45, 7) is 8.36. The molecule has 0 bridgehead atoms. The van der Waals surface area contributed by atoms with Gasteiger partial charge < -0.3 is 10.6 Å². The van der Waals surface area contributed by atoms with E-state index in [1.54, 1.807) is 11.9 Å². The fourth-order valence-electron chi connectivity index (χ4n) is 1.31. The molecule has 0 spiro atoms. The van der Waals surface area contributed by atoms with Gasteiger partial charge in [-0.15, -0.1) is 0 Å². The highest BCUT2D eigenvalue weighted by molar-refractivity contribution is 5.81. The highest BCUT2D eigenvalue weighted by Crippen LogP contribution is 2.02. The van der Waals surface area contributed by atoms with Gasteiger partial charge in [-0.2, -0.15) is 0 Å². The van der Waals surface area contributed by atoms with Gasteiger partial charge in [0.2, 0.25) is 5.91 Å². The monoisotopic (exact) mass is 198 g/mol. The Morgan fingerprint density at radius 1 is 1.57 bits per heavy atom. The lowest BCUT2D eigenvalue weighted by atomic mass is 10.1. The first-order valence-corrected chi connectivity index (χ1v) is 5.14. The van der Waals surface area contributed by atoms with Crippen LogP contribution >= 0.6 is 0 Å². The lowest BCUT2D eigenvalue weighted by Gasteiger charge is -2.21. The molecule has 0 rings (SSSR count). The van der Waals surface area contributed by atoms with Gasteiger partial charge in [0, 0.05) is 13.6 Å². The van der Waals surface area contributed by atoms with E-state index in [-0.39, 0.29) is 11.9 Å². The summed E-state index contributed by atoms with van der Waals surface area (Å²) in [6, 6.07) is -0.348. The molecule has 1 atom stereocenters. The van der Waals surface area contributed by atoms with Crippen molar-refractivity contribution >= 4 is 5.91 Å². The van der Waals surface area contributed by atoms with Crippen molar-refractivity contribution in [1.29, 1.82) is 0 Å². The Morgan fingerprint density at radius 2 is 2.14 bits per heavy atom. The molecular weight excluding hydrogens is 176 g/mol. The van der Waals surface area contributed by atoms with Gasteiger partial charge in [0.25, 0.3) is 0 Å². The van der Waals surface area contributed by atoms with Crippen molar-refractivity contribution < 1.29 is 4.79 Å². The molecule has 0 aliphatic carbocycles. The van der Waals surface area contributed by atoms with Crippen LogP contribution in [0.1, 0.15) is 33.1 Å². The minimum absolute atomic E-state index is 0.0152. The molecule has 0 aromatic carbocycles. The molecule has 0 aromatic heterocycles. The minimum atomic E-state index is -0.348. The Bertz CT molecular complexity index is 201. The standard InChI is InChI=1S/C11H22N2O/c1-5-6-7-10(12)11(14)13(4)8-9(2)3/h10H,2,5-8,12H2,1,3-4H3/t10-/m0/s1. The molecule has 0 fully saturated rings. The predicted molar refractivity (Wildman–Crippen MR) is 60.0 cm³/mol. The molecule has 2 N–H and O–H groups in total. The maximum Gasteiger partial charge on any atom is 0.239 e. The van der Waals surface area contributed by atoms with Gasteiger partial charge >= 0.3 is 0 Å². The largest absolute Gasteiger partial charge is 0.340 e. The summed E-state index contributed by atoms with van der Waals surface area (Å²) in [6.07, 6.45) is 2.86. The van der Waals surface area contributed by atoms with Gasteiger partial charge in [-0.3, -0.25) is 4.79 Å². The molecule has 82 valence electrons. The van der Waals surface area contributed by atoms with E-state index in [1.807, 2.05) is 6.92 Å². The molecule has 0 saturated heterocycles. The smallest absolute Gasteiger partial charge is 0.239 e. The number of nitrogens with zero attached hydrogens (tertiary/aromatic N) is 1.